The number of anilines is 2. The molecule has 7 heteroatoms. The molecular formula is C15H16N6O. The maximum absolute atomic E-state index is 5.71. The van der Waals surface area contributed by atoms with Crippen molar-refractivity contribution in [2.24, 2.45) is 0 Å². The lowest BCUT2D eigenvalue weighted by molar-refractivity contribution is 0.0789. The van der Waals surface area contributed by atoms with Crippen molar-refractivity contribution in [3.8, 4) is 11.3 Å². The van der Waals surface area contributed by atoms with Crippen LogP contribution in [0.2, 0.25) is 0 Å². The molecule has 1 fully saturated rings. The molecule has 0 saturated carbocycles. The van der Waals surface area contributed by atoms with Crippen molar-refractivity contribution in [1.29, 1.82) is 0 Å². The molecule has 1 aliphatic heterocycles. The van der Waals surface area contributed by atoms with Crippen LogP contribution in [0.1, 0.15) is 0 Å². The molecule has 112 valence electrons. The molecule has 7 nitrogen and oxygen atoms in total. The van der Waals surface area contributed by atoms with E-state index in [-0.39, 0.29) is 5.95 Å². The number of fused-ring (bicyclic) bond motifs is 1. The van der Waals surface area contributed by atoms with Crippen LogP contribution < -0.4 is 10.6 Å². The van der Waals surface area contributed by atoms with E-state index >= 15 is 0 Å². The van der Waals surface area contributed by atoms with Crippen molar-refractivity contribution in [3.05, 3.63) is 30.7 Å². The van der Waals surface area contributed by atoms with Crippen molar-refractivity contribution in [3.63, 3.8) is 0 Å². The Hall–Kier alpha value is -2.67. The summed E-state index contributed by atoms with van der Waals surface area (Å²) in [6.07, 6.45) is 5.68. The summed E-state index contributed by atoms with van der Waals surface area (Å²) in [5.41, 5.74) is 9.44. The molecule has 1 aliphatic rings. The summed E-state index contributed by atoms with van der Waals surface area (Å²) in [5.74, 6) is 0.265. The summed E-state index contributed by atoms with van der Waals surface area (Å²) in [7, 11) is 1.75. The normalized spacial score (nSPS) is 15.2. The molecule has 0 bridgehead atoms. The maximum Gasteiger partial charge on any atom is 0.220 e. The first kappa shape index (κ1) is 13.0. The van der Waals surface area contributed by atoms with Crippen molar-refractivity contribution < 1.29 is 4.74 Å². The minimum Gasteiger partial charge on any atom is -0.378 e. The van der Waals surface area contributed by atoms with E-state index in [2.05, 4.69) is 24.8 Å². The van der Waals surface area contributed by atoms with Gasteiger partial charge in [-0.05, 0) is 12.1 Å². The van der Waals surface area contributed by atoms with Gasteiger partial charge in [0.25, 0.3) is 0 Å². The third-order valence-corrected chi connectivity index (χ3v) is 4.02. The maximum atomic E-state index is 5.71. The van der Waals surface area contributed by atoms with E-state index in [1.165, 1.54) is 0 Å². The second-order valence-electron chi connectivity index (χ2n) is 5.32. The van der Waals surface area contributed by atoms with Gasteiger partial charge in [-0.15, -0.1) is 0 Å². The van der Waals surface area contributed by atoms with Crippen LogP contribution in [0.5, 0.6) is 0 Å². The predicted octanol–water partition coefficient (Wildman–Crippen LogP) is 1.44. The van der Waals surface area contributed by atoms with Crippen LogP contribution >= 0.6 is 0 Å². The van der Waals surface area contributed by atoms with Crippen LogP contribution in [0.4, 0.5) is 11.6 Å². The minimum atomic E-state index is 0.265. The number of hydrogen-bond acceptors (Lipinski definition) is 6. The lowest BCUT2D eigenvalue weighted by Crippen LogP contribution is -2.52. The molecule has 3 N–H and O–H groups in total. The number of H-pyrrole nitrogens is 1. The highest BCUT2D eigenvalue weighted by Gasteiger charge is 2.29. The summed E-state index contributed by atoms with van der Waals surface area (Å²) in [6, 6.07) is 3.87. The van der Waals surface area contributed by atoms with Crippen molar-refractivity contribution >= 4 is 22.7 Å². The number of hydrogen-bond donors (Lipinski definition) is 2. The SMILES string of the molecule is COC1CN(c2ccnc3[nH]cc(-c4ccnc(N)n4)c23)C1. The number of pyridine rings is 1. The Labute approximate surface area is 127 Å². The number of nitrogen functional groups attached to an aromatic ring is 1. The number of methoxy groups -OCH3 is 1. The van der Waals surface area contributed by atoms with Crippen LogP contribution in [0, 0.1) is 0 Å². The monoisotopic (exact) mass is 296 g/mol. The lowest BCUT2D eigenvalue weighted by atomic mass is 10.1. The van der Waals surface area contributed by atoms with Crippen molar-refractivity contribution in [2.75, 3.05) is 30.8 Å². The molecule has 3 aromatic rings. The van der Waals surface area contributed by atoms with Gasteiger partial charge in [-0.3, -0.25) is 0 Å². The van der Waals surface area contributed by atoms with Gasteiger partial charge in [0.15, 0.2) is 0 Å². The second kappa shape index (κ2) is 4.96. The third-order valence-electron chi connectivity index (χ3n) is 4.02. The molecule has 4 rings (SSSR count). The highest BCUT2D eigenvalue weighted by atomic mass is 16.5. The molecule has 0 spiro atoms. The van der Waals surface area contributed by atoms with E-state index < -0.39 is 0 Å². The first-order valence-electron chi connectivity index (χ1n) is 7.09. The minimum absolute atomic E-state index is 0.265. The van der Waals surface area contributed by atoms with Gasteiger partial charge in [0.2, 0.25) is 5.95 Å². The summed E-state index contributed by atoms with van der Waals surface area (Å²) >= 11 is 0. The smallest absolute Gasteiger partial charge is 0.220 e. The zero-order chi connectivity index (χ0) is 15.1. The number of aromatic nitrogens is 4. The summed E-state index contributed by atoms with van der Waals surface area (Å²) in [6.45, 7) is 1.76. The number of rotatable bonds is 3. The van der Waals surface area contributed by atoms with E-state index in [0.29, 0.717) is 6.10 Å². The largest absolute Gasteiger partial charge is 0.378 e. The van der Waals surface area contributed by atoms with Gasteiger partial charge in [-0.1, -0.05) is 0 Å². The number of aromatic amines is 1. The molecule has 0 radical (unpaired) electrons. The number of nitrogens with one attached hydrogen (secondary N) is 1. The molecule has 3 aromatic heterocycles. The van der Waals surface area contributed by atoms with Crippen LogP contribution in [-0.4, -0.2) is 46.2 Å². The average molecular weight is 296 g/mol. The van der Waals surface area contributed by atoms with E-state index in [1.807, 2.05) is 24.5 Å². The Morgan fingerprint density at radius 3 is 2.86 bits per heavy atom. The van der Waals surface area contributed by atoms with Crippen LogP contribution in [0.3, 0.4) is 0 Å². The third kappa shape index (κ3) is 1.98. The van der Waals surface area contributed by atoms with Gasteiger partial charge in [-0.25, -0.2) is 15.0 Å². The van der Waals surface area contributed by atoms with E-state index in [9.17, 15) is 0 Å². The van der Waals surface area contributed by atoms with E-state index in [0.717, 1.165) is 41.1 Å². The van der Waals surface area contributed by atoms with Gasteiger partial charge in [-0.2, -0.15) is 0 Å². The zero-order valence-corrected chi connectivity index (χ0v) is 12.2. The summed E-state index contributed by atoms with van der Waals surface area (Å²) in [4.78, 5) is 18.2. The Kier molecular flexibility index (Phi) is 2.93. The molecule has 1 saturated heterocycles. The van der Waals surface area contributed by atoms with Gasteiger partial charge < -0.3 is 20.4 Å². The molecular weight excluding hydrogens is 280 g/mol. The van der Waals surface area contributed by atoms with E-state index in [4.69, 9.17) is 10.5 Å². The molecule has 0 unspecified atom stereocenters. The Bertz CT molecular complexity index is 824. The van der Waals surface area contributed by atoms with Crippen molar-refractivity contribution in [2.45, 2.75) is 6.10 Å². The van der Waals surface area contributed by atoms with Gasteiger partial charge >= 0.3 is 0 Å². The predicted molar refractivity (Wildman–Crippen MR) is 84.5 cm³/mol. The Morgan fingerprint density at radius 1 is 1.27 bits per heavy atom. The second-order valence-corrected chi connectivity index (χ2v) is 5.32. The molecule has 0 atom stereocenters. The van der Waals surface area contributed by atoms with Crippen LogP contribution in [0.15, 0.2) is 30.7 Å². The Morgan fingerprint density at radius 2 is 2.09 bits per heavy atom. The first-order chi connectivity index (χ1) is 10.8. The van der Waals surface area contributed by atoms with Crippen LogP contribution in [0.25, 0.3) is 22.3 Å². The molecule has 0 aromatic carbocycles. The van der Waals surface area contributed by atoms with Gasteiger partial charge in [0.05, 0.1) is 22.9 Å². The topological polar surface area (TPSA) is 93.0 Å². The zero-order valence-electron chi connectivity index (χ0n) is 12.2. The molecule has 22 heavy (non-hydrogen) atoms. The molecule has 0 amide bonds. The highest BCUT2D eigenvalue weighted by molar-refractivity contribution is 6.02. The average Bonchev–Trinajstić information content (AvgIpc) is 2.91. The number of nitrogens with two attached hydrogens (primary N) is 1. The van der Waals surface area contributed by atoms with Gasteiger partial charge in [0, 0.05) is 44.4 Å². The van der Waals surface area contributed by atoms with Crippen LogP contribution in [-0.2, 0) is 4.74 Å². The first-order valence-corrected chi connectivity index (χ1v) is 7.09. The highest BCUT2D eigenvalue weighted by Crippen LogP contribution is 2.36. The fraction of sp³-hybridized carbons (Fsp3) is 0.267. The molecule has 4 heterocycles. The lowest BCUT2D eigenvalue weighted by Gasteiger charge is -2.40. The van der Waals surface area contributed by atoms with Gasteiger partial charge in [0.1, 0.15) is 5.65 Å². The number of ether oxygens (including phenoxy) is 1. The quantitative estimate of drug-likeness (QED) is 0.759. The summed E-state index contributed by atoms with van der Waals surface area (Å²) in [5, 5.41) is 1.05. The fourth-order valence-electron chi connectivity index (χ4n) is 2.81. The van der Waals surface area contributed by atoms with E-state index in [1.54, 1.807) is 13.3 Å². The standard InChI is InChI=1S/C15H16N6O/c1-22-9-7-21(8-9)12-3-5-17-14-13(12)10(6-19-14)11-2-4-18-15(16)20-11/h2-6,9H,7-8H2,1H3,(H,17,19)(H2,16,18,20). The van der Waals surface area contributed by atoms with Crippen molar-refractivity contribution in [1.82, 2.24) is 19.9 Å². The molecule has 0 aliphatic carbocycles. The fourth-order valence-corrected chi connectivity index (χ4v) is 2.81. The number of nitrogens with zero attached hydrogens (tertiary/aromatic N) is 4. The Balaban J connectivity index is 1.83. The summed E-state index contributed by atoms with van der Waals surface area (Å²) < 4.78 is 5.36.